The first kappa shape index (κ1) is 15.5. The first-order chi connectivity index (χ1) is 11.2. The number of halogens is 1. The van der Waals surface area contributed by atoms with Crippen LogP contribution in [0.3, 0.4) is 0 Å². The summed E-state index contributed by atoms with van der Waals surface area (Å²) in [5.74, 6) is 2.13. The summed E-state index contributed by atoms with van der Waals surface area (Å²) < 4.78 is 5.95. The molecule has 118 valence electrons. The molecule has 0 radical (unpaired) electrons. The first-order valence-electron chi connectivity index (χ1n) is 7.13. The lowest BCUT2D eigenvalue weighted by molar-refractivity contribution is 0.396. The molecule has 7 nitrogen and oxygen atoms in total. The van der Waals surface area contributed by atoms with Gasteiger partial charge in [0.25, 0.3) is 0 Å². The molecule has 0 aromatic carbocycles. The average Bonchev–Trinajstić information content (AvgIpc) is 2.62. The maximum Gasteiger partial charge on any atom is 0.218 e. The van der Waals surface area contributed by atoms with E-state index < -0.39 is 0 Å². The standard InChI is InChI=1S/C15H15BrN6O/c1-23-14-7-13(19-10-20-14)21-2-4-22(5-3-21)15-11(8-17)6-12(16)9-18-15/h6-7,9-10H,2-5H2,1H3. The third-order valence-corrected chi connectivity index (χ3v) is 4.13. The van der Waals surface area contributed by atoms with Gasteiger partial charge in [0.15, 0.2) is 0 Å². The molecule has 1 aliphatic rings. The van der Waals surface area contributed by atoms with Crippen LogP contribution in [0.15, 0.2) is 29.1 Å². The molecule has 0 unspecified atom stereocenters. The fourth-order valence-electron chi connectivity index (χ4n) is 2.53. The minimum absolute atomic E-state index is 0.554. The van der Waals surface area contributed by atoms with E-state index in [9.17, 15) is 5.26 Å². The highest BCUT2D eigenvalue weighted by Gasteiger charge is 2.21. The van der Waals surface area contributed by atoms with Crippen LogP contribution in [0.1, 0.15) is 5.56 Å². The highest BCUT2D eigenvalue weighted by molar-refractivity contribution is 9.10. The maximum atomic E-state index is 9.28. The van der Waals surface area contributed by atoms with E-state index in [1.54, 1.807) is 19.4 Å². The molecule has 3 heterocycles. The van der Waals surface area contributed by atoms with E-state index >= 15 is 0 Å². The van der Waals surface area contributed by atoms with Crippen LogP contribution in [0.5, 0.6) is 5.88 Å². The van der Waals surface area contributed by atoms with Gasteiger partial charge in [-0.1, -0.05) is 0 Å². The van der Waals surface area contributed by atoms with Gasteiger partial charge in [0.1, 0.15) is 24.0 Å². The second-order valence-corrected chi connectivity index (χ2v) is 5.94. The van der Waals surface area contributed by atoms with Gasteiger partial charge in [-0.3, -0.25) is 0 Å². The summed E-state index contributed by atoms with van der Waals surface area (Å²) >= 11 is 3.35. The highest BCUT2D eigenvalue weighted by atomic mass is 79.9. The third-order valence-electron chi connectivity index (χ3n) is 3.69. The molecule has 0 N–H and O–H groups in total. The molecule has 0 spiro atoms. The molecule has 1 saturated heterocycles. The van der Waals surface area contributed by atoms with Crippen LogP contribution >= 0.6 is 15.9 Å². The fourth-order valence-corrected chi connectivity index (χ4v) is 2.86. The average molecular weight is 375 g/mol. The minimum Gasteiger partial charge on any atom is -0.481 e. The van der Waals surface area contributed by atoms with E-state index in [1.807, 2.05) is 6.07 Å². The molecule has 23 heavy (non-hydrogen) atoms. The molecule has 0 amide bonds. The molecular formula is C15H15BrN6O. The van der Waals surface area contributed by atoms with E-state index in [4.69, 9.17) is 4.74 Å². The number of hydrogen-bond donors (Lipinski definition) is 0. The molecular weight excluding hydrogens is 360 g/mol. The number of nitrogens with zero attached hydrogens (tertiary/aromatic N) is 6. The molecule has 3 rings (SSSR count). The Kier molecular flexibility index (Phi) is 4.57. The lowest BCUT2D eigenvalue weighted by Crippen LogP contribution is -2.47. The number of hydrogen-bond acceptors (Lipinski definition) is 7. The molecule has 8 heteroatoms. The summed E-state index contributed by atoms with van der Waals surface area (Å²) in [6.07, 6.45) is 3.22. The van der Waals surface area contributed by atoms with Crippen LogP contribution in [0, 0.1) is 11.3 Å². The quantitative estimate of drug-likeness (QED) is 0.810. The summed E-state index contributed by atoms with van der Waals surface area (Å²) in [6.45, 7) is 3.14. The first-order valence-corrected chi connectivity index (χ1v) is 7.92. The Balaban J connectivity index is 1.72. The van der Waals surface area contributed by atoms with Crippen molar-refractivity contribution in [3.05, 3.63) is 34.7 Å². The minimum atomic E-state index is 0.554. The number of aromatic nitrogens is 3. The lowest BCUT2D eigenvalue weighted by atomic mass is 10.2. The van der Waals surface area contributed by atoms with Crippen molar-refractivity contribution < 1.29 is 4.74 Å². The van der Waals surface area contributed by atoms with Crippen molar-refractivity contribution in [2.75, 3.05) is 43.1 Å². The number of pyridine rings is 1. The molecule has 0 atom stereocenters. The number of anilines is 2. The van der Waals surface area contributed by atoms with E-state index in [2.05, 4.69) is 46.8 Å². The molecule has 0 aliphatic carbocycles. The number of rotatable bonds is 3. The van der Waals surface area contributed by atoms with Crippen LogP contribution in [-0.2, 0) is 0 Å². The Labute approximate surface area is 142 Å². The molecule has 0 saturated carbocycles. The summed E-state index contributed by atoms with van der Waals surface area (Å²) in [7, 11) is 1.59. The normalized spacial score (nSPS) is 14.5. The second kappa shape index (κ2) is 6.79. The Morgan fingerprint density at radius 1 is 1.13 bits per heavy atom. The number of ether oxygens (including phenoxy) is 1. The second-order valence-electron chi connectivity index (χ2n) is 5.03. The predicted molar refractivity (Wildman–Crippen MR) is 89.7 cm³/mol. The van der Waals surface area contributed by atoms with Gasteiger partial charge in [-0.2, -0.15) is 5.26 Å². The van der Waals surface area contributed by atoms with Crippen LogP contribution in [0.25, 0.3) is 0 Å². The van der Waals surface area contributed by atoms with Gasteiger partial charge in [0, 0.05) is 42.9 Å². The van der Waals surface area contributed by atoms with Crippen molar-refractivity contribution in [2.24, 2.45) is 0 Å². The predicted octanol–water partition coefficient (Wildman–Crippen LogP) is 1.84. The summed E-state index contributed by atoms with van der Waals surface area (Å²) in [6, 6.07) is 5.83. The topological polar surface area (TPSA) is 78.2 Å². The maximum absolute atomic E-state index is 9.28. The summed E-state index contributed by atoms with van der Waals surface area (Å²) in [5, 5.41) is 9.28. The van der Waals surface area contributed by atoms with Crippen molar-refractivity contribution in [1.29, 1.82) is 5.26 Å². The molecule has 2 aromatic rings. The Morgan fingerprint density at radius 3 is 2.57 bits per heavy atom. The highest BCUT2D eigenvalue weighted by Crippen LogP contribution is 2.23. The lowest BCUT2D eigenvalue weighted by Gasteiger charge is -2.36. The van der Waals surface area contributed by atoms with Crippen LogP contribution in [0.4, 0.5) is 11.6 Å². The largest absolute Gasteiger partial charge is 0.481 e. The molecule has 1 aliphatic heterocycles. The zero-order chi connectivity index (χ0) is 16.2. The summed E-state index contributed by atoms with van der Waals surface area (Å²) in [4.78, 5) is 17.0. The van der Waals surface area contributed by atoms with Crippen molar-refractivity contribution in [3.63, 3.8) is 0 Å². The van der Waals surface area contributed by atoms with E-state index in [-0.39, 0.29) is 0 Å². The van der Waals surface area contributed by atoms with Crippen molar-refractivity contribution in [2.45, 2.75) is 0 Å². The number of nitriles is 1. The van der Waals surface area contributed by atoms with Crippen molar-refractivity contribution in [1.82, 2.24) is 15.0 Å². The van der Waals surface area contributed by atoms with Gasteiger partial charge in [-0.25, -0.2) is 15.0 Å². The number of methoxy groups -OCH3 is 1. The van der Waals surface area contributed by atoms with Crippen LogP contribution in [0.2, 0.25) is 0 Å². The smallest absolute Gasteiger partial charge is 0.218 e. The van der Waals surface area contributed by atoms with E-state index in [0.29, 0.717) is 11.4 Å². The van der Waals surface area contributed by atoms with Gasteiger partial charge in [0.2, 0.25) is 5.88 Å². The summed E-state index contributed by atoms with van der Waals surface area (Å²) in [5.41, 5.74) is 0.580. The van der Waals surface area contributed by atoms with E-state index in [0.717, 1.165) is 42.3 Å². The third kappa shape index (κ3) is 3.35. The van der Waals surface area contributed by atoms with Gasteiger partial charge < -0.3 is 14.5 Å². The van der Waals surface area contributed by atoms with Gasteiger partial charge in [0.05, 0.1) is 12.7 Å². The zero-order valence-electron chi connectivity index (χ0n) is 12.6. The Bertz CT molecular complexity index is 739. The molecule has 2 aromatic heterocycles. The Morgan fingerprint density at radius 2 is 1.87 bits per heavy atom. The molecule has 1 fully saturated rings. The number of piperazine rings is 1. The monoisotopic (exact) mass is 374 g/mol. The van der Waals surface area contributed by atoms with Crippen molar-refractivity contribution in [3.8, 4) is 11.9 Å². The van der Waals surface area contributed by atoms with Gasteiger partial charge in [-0.05, 0) is 22.0 Å². The Hall–Kier alpha value is -2.40. The van der Waals surface area contributed by atoms with Crippen LogP contribution in [-0.4, -0.2) is 48.2 Å². The van der Waals surface area contributed by atoms with Crippen molar-refractivity contribution >= 4 is 27.6 Å². The fraction of sp³-hybridized carbons (Fsp3) is 0.333. The van der Waals surface area contributed by atoms with Crippen LogP contribution < -0.4 is 14.5 Å². The zero-order valence-corrected chi connectivity index (χ0v) is 14.2. The van der Waals surface area contributed by atoms with E-state index in [1.165, 1.54) is 6.33 Å². The van der Waals surface area contributed by atoms with Gasteiger partial charge >= 0.3 is 0 Å². The SMILES string of the molecule is COc1cc(N2CCN(c3ncc(Br)cc3C#N)CC2)ncn1. The molecule has 0 bridgehead atoms. The van der Waals surface area contributed by atoms with Gasteiger partial charge in [-0.15, -0.1) is 0 Å².